The quantitative estimate of drug-likeness (QED) is 0.165. The Bertz CT molecular complexity index is 2130. The first-order valence-electron chi connectivity index (χ1n) is 17.4. The molecule has 0 radical (unpaired) electrons. The highest BCUT2D eigenvalue weighted by Gasteiger charge is 2.28. The summed E-state index contributed by atoms with van der Waals surface area (Å²) in [6.07, 6.45) is 0. The van der Waals surface area contributed by atoms with Gasteiger partial charge in [-0.1, -0.05) is 125 Å². The van der Waals surface area contributed by atoms with Crippen LogP contribution in [0.5, 0.6) is 0 Å². The Labute approximate surface area is 314 Å². The molecule has 3 aromatic carbocycles. The average Bonchev–Trinajstić information content (AvgIpc) is 3.72. The molecule has 0 aliphatic heterocycles. The molecule has 0 atom stereocenters. The van der Waals surface area contributed by atoms with Crippen LogP contribution in [-0.2, 0) is 21.7 Å². The first-order valence-corrected chi connectivity index (χ1v) is 19.1. The summed E-state index contributed by atoms with van der Waals surface area (Å²) in [6, 6.07) is 21.5. The van der Waals surface area contributed by atoms with Crippen molar-refractivity contribution in [2.24, 2.45) is 0 Å². The van der Waals surface area contributed by atoms with Crippen molar-refractivity contribution in [1.29, 1.82) is 0 Å². The molecule has 5 heteroatoms. The molecule has 0 bridgehead atoms. The van der Waals surface area contributed by atoms with E-state index in [2.05, 4.69) is 165 Å². The summed E-state index contributed by atoms with van der Waals surface area (Å²) in [5.41, 5.74) is 10.9. The third-order valence-corrected chi connectivity index (χ3v) is 11.7. The van der Waals surface area contributed by atoms with E-state index in [0.717, 1.165) is 58.5 Å². The van der Waals surface area contributed by atoms with Crippen molar-refractivity contribution in [3.8, 4) is 41.8 Å². The van der Waals surface area contributed by atoms with E-state index >= 15 is 0 Å². The van der Waals surface area contributed by atoms with E-state index in [1.807, 2.05) is 0 Å². The molecular formula is C46H49N3S2. The molecule has 0 saturated carbocycles. The second-order valence-corrected chi connectivity index (χ2v) is 19.9. The molecule has 0 saturated heterocycles. The Morgan fingerprint density at radius 3 is 0.961 bits per heavy atom. The lowest BCUT2D eigenvalue weighted by Crippen LogP contribution is -2.16. The van der Waals surface area contributed by atoms with Gasteiger partial charge < -0.3 is 0 Å². The zero-order valence-corrected chi connectivity index (χ0v) is 34.1. The molecule has 0 amide bonds. The van der Waals surface area contributed by atoms with Crippen LogP contribution in [-0.4, -0.2) is 0 Å². The Kier molecular flexibility index (Phi) is 9.82. The van der Waals surface area contributed by atoms with Gasteiger partial charge in [0.15, 0.2) is 11.4 Å². The van der Waals surface area contributed by atoms with Gasteiger partial charge in [-0.2, -0.15) is 0 Å². The zero-order chi connectivity index (χ0) is 37.8. The maximum atomic E-state index is 8.41. The van der Waals surface area contributed by atoms with Crippen LogP contribution in [0, 0.1) is 26.6 Å². The van der Waals surface area contributed by atoms with E-state index in [9.17, 15) is 0 Å². The molecule has 5 aromatic rings. The predicted octanol–water partition coefficient (Wildman–Crippen LogP) is 15.6. The van der Waals surface area contributed by atoms with Gasteiger partial charge in [-0.3, -0.25) is 0 Å². The highest BCUT2D eigenvalue weighted by molar-refractivity contribution is 7.19. The lowest BCUT2D eigenvalue weighted by Gasteiger charge is -2.27. The van der Waals surface area contributed by atoms with Crippen LogP contribution < -0.4 is 0 Å². The second kappa shape index (κ2) is 13.3. The van der Waals surface area contributed by atoms with Crippen molar-refractivity contribution in [3.05, 3.63) is 123 Å². The topological polar surface area (TPSA) is 13.1 Å². The fourth-order valence-electron chi connectivity index (χ4n) is 6.42. The standard InChI is InChI=1S/C46H49N3S2/c1-27-21-30(36-17-19-38(50-36)32-23-28(43(2,3)4)25-34(41(32)48-15)45(8,9)10)40(47-14)31(22-27)37-18-20-39(51-37)33-24-29(44(5,6)7)26-35(42(33)49-16)46(11,12)13/h17-26H,1-13H3. The molecule has 0 aliphatic carbocycles. The van der Waals surface area contributed by atoms with Crippen LogP contribution in [0.15, 0.2) is 60.7 Å². The Morgan fingerprint density at radius 2 is 0.706 bits per heavy atom. The van der Waals surface area contributed by atoms with Crippen molar-refractivity contribution >= 4 is 39.7 Å². The monoisotopic (exact) mass is 707 g/mol. The zero-order valence-electron chi connectivity index (χ0n) is 32.4. The van der Waals surface area contributed by atoms with E-state index in [0.29, 0.717) is 17.1 Å². The molecule has 0 spiro atoms. The molecule has 3 nitrogen and oxygen atoms in total. The van der Waals surface area contributed by atoms with Gasteiger partial charge in [-0.05, 0) is 97.4 Å². The maximum absolute atomic E-state index is 8.41. The van der Waals surface area contributed by atoms with Gasteiger partial charge in [0.05, 0.1) is 19.7 Å². The summed E-state index contributed by atoms with van der Waals surface area (Å²) in [4.78, 5) is 16.4. The van der Waals surface area contributed by atoms with Crippen molar-refractivity contribution in [2.75, 3.05) is 0 Å². The van der Waals surface area contributed by atoms with E-state index in [1.54, 1.807) is 22.7 Å². The first-order chi connectivity index (χ1) is 23.6. The molecule has 51 heavy (non-hydrogen) atoms. The maximum Gasteiger partial charge on any atom is 0.204 e. The van der Waals surface area contributed by atoms with E-state index in [1.165, 1.54) is 11.1 Å². The minimum absolute atomic E-state index is 0.0738. The van der Waals surface area contributed by atoms with Gasteiger partial charge in [0, 0.05) is 19.5 Å². The third-order valence-electron chi connectivity index (χ3n) is 9.43. The fraction of sp³-hybridized carbons (Fsp3) is 0.370. The molecule has 2 heterocycles. The second-order valence-electron chi connectivity index (χ2n) is 17.7. The van der Waals surface area contributed by atoms with Crippen LogP contribution >= 0.6 is 22.7 Å². The lowest BCUT2D eigenvalue weighted by atomic mass is 9.78. The van der Waals surface area contributed by atoms with Crippen molar-refractivity contribution in [1.82, 2.24) is 0 Å². The number of thiophene rings is 2. The summed E-state index contributed by atoms with van der Waals surface area (Å²) in [5, 5.41) is 0. The smallest absolute Gasteiger partial charge is 0.204 e. The van der Waals surface area contributed by atoms with E-state index in [4.69, 9.17) is 19.7 Å². The average molecular weight is 708 g/mol. The Hall–Kier alpha value is -4.47. The summed E-state index contributed by atoms with van der Waals surface area (Å²) >= 11 is 3.30. The van der Waals surface area contributed by atoms with E-state index in [-0.39, 0.29) is 21.7 Å². The van der Waals surface area contributed by atoms with Gasteiger partial charge in [0.25, 0.3) is 0 Å². The fourth-order valence-corrected chi connectivity index (χ4v) is 8.51. The predicted molar refractivity (Wildman–Crippen MR) is 222 cm³/mol. The first kappa shape index (κ1) is 37.8. The summed E-state index contributed by atoms with van der Waals surface area (Å²) in [6.45, 7) is 53.3. The molecule has 0 aliphatic rings. The SMILES string of the molecule is [C-]#[N+]c1c(-c2ccc(-c3cc(C(C)(C)C)cc(C(C)(C)C)c3[N+]#[C-])s2)cc(C)cc1-c1ccc(-c2cc(C(C)(C)C)cc(C(C)(C)C)c2[N+]#[C-])s1. The Balaban J connectivity index is 1.67. The number of hydrogen-bond acceptors (Lipinski definition) is 2. The normalized spacial score (nSPS) is 12.4. The third kappa shape index (κ3) is 7.46. The minimum Gasteiger partial charge on any atom is -0.237 e. The molecule has 5 rings (SSSR count). The highest BCUT2D eigenvalue weighted by Crippen LogP contribution is 2.51. The van der Waals surface area contributed by atoms with Gasteiger partial charge in [0.1, 0.15) is 0 Å². The van der Waals surface area contributed by atoms with Gasteiger partial charge in [0.2, 0.25) is 5.69 Å². The number of nitrogens with zero attached hydrogens (tertiary/aromatic N) is 3. The largest absolute Gasteiger partial charge is 0.237 e. The van der Waals surface area contributed by atoms with Crippen LogP contribution in [0.3, 0.4) is 0 Å². The molecule has 260 valence electrons. The number of hydrogen-bond donors (Lipinski definition) is 0. The molecule has 0 fully saturated rings. The van der Waals surface area contributed by atoms with Crippen molar-refractivity contribution in [3.63, 3.8) is 0 Å². The van der Waals surface area contributed by atoms with Gasteiger partial charge >= 0.3 is 0 Å². The number of rotatable bonds is 4. The number of aryl methyl sites for hydroxylation is 1. The summed E-state index contributed by atoms with van der Waals surface area (Å²) in [7, 11) is 0. The summed E-state index contributed by atoms with van der Waals surface area (Å²) in [5.74, 6) is 0. The van der Waals surface area contributed by atoms with Crippen LogP contribution in [0.1, 0.15) is 111 Å². The van der Waals surface area contributed by atoms with Crippen LogP contribution in [0.4, 0.5) is 17.1 Å². The minimum atomic E-state index is -0.184. The molecule has 0 unspecified atom stereocenters. The van der Waals surface area contributed by atoms with Gasteiger partial charge in [-0.15, -0.1) is 22.7 Å². The summed E-state index contributed by atoms with van der Waals surface area (Å²) < 4.78 is 0. The van der Waals surface area contributed by atoms with Crippen molar-refractivity contribution < 1.29 is 0 Å². The Morgan fingerprint density at radius 1 is 0.412 bits per heavy atom. The number of benzene rings is 3. The van der Waals surface area contributed by atoms with Crippen LogP contribution in [0.2, 0.25) is 0 Å². The highest BCUT2D eigenvalue weighted by atomic mass is 32.1. The lowest BCUT2D eigenvalue weighted by molar-refractivity contribution is 0.570. The van der Waals surface area contributed by atoms with E-state index < -0.39 is 0 Å². The molecular weight excluding hydrogens is 659 g/mol. The van der Waals surface area contributed by atoms with Gasteiger partial charge in [-0.25, -0.2) is 14.5 Å². The molecule has 2 aromatic heterocycles. The van der Waals surface area contributed by atoms with Crippen molar-refractivity contribution in [2.45, 2.75) is 112 Å². The van der Waals surface area contributed by atoms with Crippen LogP contribution in [0.25, 0.3) is 56.3 Å². The molecule has 0 N–H and O–H groups in total.